The summed E-state index contributed by atoms with van der Waals surface area (Å²) >= 11 is 3.71. The smallest absolute Gasteiger partial charge is 0.0510 e. The molecule has 0 bridgehead atoms. The zero-order valence-electron chi connectivity index (χ0n) is 11.8. The van der Waals surface area contributed by atoms with Gasteiger partial charge in [-0.3, -0.25) is 0 Å². The van der Waals surface area contributed by atoms with Crippen LogP contribution in [0.4, 0.5) is 5.69 Å². The summed E-state index contributed by atoms with van der Waals surface area (Å²) in [6, 6.07) is 6.67. The van der Waals surface area contributed by atoms with Crippen molar-refractivity contribution in [1.29, 1.82) is 0 Å². The molecule has 1 fully saturated rings. The van der Waals surface area contributed by atoms with Gasteiger partial charge in [0.2, 0.25) is 0 Å². The normalized spacial score (nSPS) is 19.1. The summed E-state index contributed by atoms with van der Waals surface area (Å²) in [4.78, 5) is 2.45. The lowest BCUT2D eigenvalue weighted by Gasteiger charge is -2.21. The molecule has 1 heterocycles. The van der Waals surface area contributed by atoms with E-state index in [2.05, 4.69) is 51.3 Å². The minimum absolute atomic E-state index is 0.665. The van der Waals surface area contributed by atoms with Crippen LogP contribution in [0.3, 0.4) is 0 Å². The minimum Gasteiger partial charge on any atom is -0.384 e. The van der Waals surface area contributed by atoms with Gasteiger partial charge in [-0.05, 0) is 46.6 Å². The highest BCUT2D eigenvalue weighted by Crippen LogP contribution is 2.31. The van der Waals surface area contributed by atoms with E-state index in [0.717, 1.165) is 32.8 Å². The molecule has 19 heavy (non-hydrogen) atoms. The number of ether oxygens (including phenoxy) is 1. The first-order valence-electron chi connectivity index (χ1n) is 6.97. The Morgan fingerprint density at radius 2 is 2.32 bits per heavy atom. The molecule has 0 amide bonds. The Hall–Kier alpha value is -0.580. The fraction of sp³-hybridized carbons (Fsp3) is 0.600. The van der Waals surface area contributed by atoms with Crippen molar-refractivity contribution in [3.63, 3.8) is 0 Å². The van der Waals surface area contributed by atoms with Gasteiger partial charge in [-0.1, -0.05) is 13.0 Å². The quantitative estimate of drug-likeness (QED) is 0.869. The van der Waals surface area contributed by atoms with Gasteiger partial charge >= 0.3 is 0 Å². The minimum atomic E-state index is 0.665. The maximum absolute atomic E-state index is 5.26. The van der Waals surface area contributed by atoms with Crippen molar-refractivity contribution >= 4 is 21.6 Å². The van der Waals surface area contributed by atoms with Crippen molar-refractivity contribution in [3.05, 3.63) is 28.2 Å². The van der Waals surface area contributed by atoms with Crippen LogP contribution in [0.1, 0.15) is 18.9 Å². The van der Waals surface area contributed by atoms with Crippen LogP contribution in [0, 0.1) is 5.92 Å². The van der Waals surface area contributed by atoms with E-state index in [1.807, 2.05) is 0 Å². The van der Waals surface area contributed by atoms with E-state index in [0.29, 0.717) is 5.92 Å². The number of rotatable bonds is 6. The molecule has 2 rings (SSSR count). The topological polar surface area (TPSA) is 24.5 Å². The molecule has 1 saturated heterocycles. The number of nitrogens with zero attached hydrogens (tertiary/aromatic N) is 1. The molecule has 1 N–H and O–H groups in total. The van der Waals surface area contributed by atoms with Crippen LogP contribution in [0.25, 0.3) is 0 Å². The van der Waals surface area contributed by atoms with E-state index in [-0.39, 0.29) is 0 Å². The Morgan fingerprint density at radius 3 is 3.00 bits per heavy atom. The van der Waals surface area contributed by atoms with Crippen LogP contribution in [0.2, 0.25) is 0 Å². The van der Waals surface area contributed by atoms with Gasteiger partial charge in [0.25, 0.3) is 0 Å². The standard InChI is InChI=1S/C15H23BrN2O/c1-3-17-9-12-4-5-15(14(16)8-12)18-7-6-13(10-18)11-19-2/h4-5,8,13,17H,3,6-7,9-11H2,1-2H3. The zero-order chi connectivity index (χ0) is 13.7. The molecule has 3 nitrogen and oxygen atoms in total. The highest BCUT2D eigenvalue weighted by molar-refractivity contribution is 9.10. The number of benzene rings is 1. The molecule has 0 aromatic heterocycles. The van der Waals surface area contributed by atoms with E-state index in [1.54, 1.807) is 7.11 Å². The van der Waals surface area contributed by atoms with Gasteiger partial charge in [-0.25, -0.2) is 0 Å². The first-order chi connectivity index (χ1) is 9.24. The molecule has 0 aliphatic carbocycles. The number of hydrogen-bond donors (Lipinski definition) is 1. The summed E-state index contributed by atoms with van der Waals surface area (Å²) in [5, 5.41) is 3.35. The summed E-state index contributed by atoms with van der Waals surface area (Å²) in [5.41, 5.74) is 2.63. The summed E-state index contributed by atoms with van der Waals surface area (Å²) < 4.78 is 6.45. The van der Waals surface area contributed by atoms with Gasteiger partial charge in [0.1, 0.15) is 0 Å². The molecule has 4 heteroatoms. The summed E-state index contributed by atoms with van der Waals surface area (Å²) in [6.07, 6.45) is 1.22. The third kappa shape index (κ3) is 3.94. The first kappa shape index (κ1) is 14.8. The number of halogens is 1. The molecular weight excluding hydrogens is 304 g/mol. The summed E-state index contributed by atoms with van der Waals surface area (Å²) in [6.45, 7) is 7.15. The van der Waals surface area contributed by atoms with Gasteiger partial charge in [0.15, 0.2) is 0 Å². The Labute approximate surface area is 124 Å². The van der Waals surface area contributed by atoms with Crippen molar-refractivity contribution in [3.8, 4) is 0 Å². The van der Waals surface area contributed by atoms with Crippen LogP contribution in [-0.2, 0) is 11.3 Å². The van der Waals surface area contributed by atoms with Gasteiger partial charge in [0.05, 0.1) is 12.3 Å². The van der Waals surface area contributed by atoms with Crippen molar-refractivity contribution in [2.75, 3.05) is 38.3 Å². The van der Waals surface area contributed by atoms with Crippen molar-refractivity contribution in [2.24, 2.45) is 5.92 Å². The second kappa shape index (κ2) is 7.27. The second-order valence-electron chi connectivity index (χ2n) is 5.12. The lowest BCUT2D eigenvalue weighted by atomic mass is 10.1. The fourth-order valence-corrected chi connectivity index (χ4v) is 3.29. The second-order valence-corrected chi connectivity index (χ2v) is 5.98. The number of anilines is 1. The predicted molar refractivity (Wildman–Crippen MR) is 83.7 cm³/mol. The molecule has 0 spiro atoms. The molecule has 1 aliphatic rings. The molecule has 1 aromatic rings. The molecular formula is C15H23BrN2O. The lowest BCUT2D eigenvalue weighted by Crippen LogP contribution is -2.21. The van der Waals surface area contributed by atoms with Gasteiger partial charge in [-0.15, -0.1) is 0 Å². The average molecular weight is 327 g/mol. The van der Waals surface area contributed by atoms with Crippen LogP contribution < -0.4 is 10.2 Å². The van der Waals surface area contributed by atoms with Crippen LogP contribution in [0.5, 0.6) is 0 Å². The number of hydrogen-bond acceptors (Lipinski definition) is 3. The maximum atomic E-state index is 5.26. The predicted octanol–water partition coefficient (Wildman–Crippen LogP) is 3.03. The monoisotopic (exact) mass is 326 g/mol. The van der Waals surface area contributed by atoms with E-state index >= 15 is 0 Å². The maximum Gasteiger partial charge on any atom is 0.0510 e. The third-order valence-electron chi connectivity index (χ3n) is 3.62. The van der Waals surface area contributed by atoms with E-state index in [4.69, 9.17) is 4.74 Å². The largest absolute Gasteiger partial charge is 0.384 e. The summed E-state index contributed by atoms with van der Waals surface area (Å²) in [5.74, 6) is 0.665. The first-order valence-corrected chi connectivity index (χ1v) is 7.77. The van der Waals surface area contributed by atoms with E-state index in [1.165, 1.54) is 22.1 Å². The Kier molecular flexibility index (Phi) is 5.67. The number of nitrogens with one attached hydrogen (secondary N) is 1. The fourth-order valence-electron chi connectivity index (χ4n) is 2.61. The molecule has 1 aliphatic heterocycles. The highest BCUT2D eigenvalue weighted by Gasteiger charge is 2.23. The van der Waals surface area contributed by atoms with Crippen LogP contribution in [-0.4, -0.2) is 33.4 Å². The van der Waals surface area contributed by atoms with Gasteiger partial charge in [0, 0.05) is 37.1 Å². The zero-order valence-corrected chi connectivity index (χ0v) is 13.4. The molecule has 0 saturated carbocycles. The van der Waals surface area contributed by atoms with E-state index in [9.17, 15) is 0 Å². The van der Waals surface area contributed by atoms with Crippen molar-refractivity contribution < 1.29 is 4.74 Å². The lowest BCUT2D eigenvalue weighted by molar-refractivity contribution is 0.161. The highest BCUT2D eigenvalue weighted by atomic mass is 79.9. The van der Waals surface area contributed by atoms with Gasteiger partial charge in [-0.2, -0.15) is 0 Å². The Morgan fingerprint density at radius 1 is 1.47 bits per heavy atom. The molecule has 106 valence electrons. The van der Waals surface area contributed by atoms with E-state index < -0.39 is 0 Å². The molecule has 1 aromatic carbocycles. The summed E-state index contributed by atoms with van der Waals surface area (Å²) in [7, 11) is 1.79. The van der Waals surface area contributed by atoms with Gasteiger partial charge < -0.3 is 15.0 Å². The number of methoxy groups -OCH3 is 1. The van der Waals surface area contributed by atoms with Crippen LogP contribution in [0.15, 0.2) is 22.7 Å². The average Bonchev–Trinajstić information content (AvgIpc) is 2.85. The Bertz CT molecular complexity index is 411. The van der Waals surface area contributed by atoms with Crippen molar-refractivity contribution in [1.82, 2.24) is 5.32 Å². The third-order valence-corrected chi connectivity index (χ3v) is 4.26. The van der Waals surface area contributed by atoms with Crippen molar-refractivity contribution in [2.45, 2.75) is 19.9 Å². The molecule has 1 atom stereocenters. The molecule has 0 radical (unpaired) electrons. The van der Waals surface area contributed by atoms with Crippen LogP contribution >= 0.6 is 15.9 Å². The Balaban J connectivity index is 2.01. The SMILES string of the molecule is CCNCc1ccc(N2CCC(COC)C2)c(Br)c1. The molecule has 1 unspecified atom stereocenters.